The van der Waals surface area contributed by atoms with Crippen molar-refractivity contribution < 1.29 is 0 Å². The van der Waals surface area contributed by atoms with Gasteiger partial charge in [0, 0.05) is 12.3 Å². The lowest BCUT2D eigenvalue weighted by molar-refractivity contribution is 1.08. The molecule has 3 N–H and O–H groups in total. The standard InChI is InChI=1S/C8H8N4O/c1-4-11-7(9)6-5(13)2-3-10-8(6)12-4/h2-3H,1H3,(H3,9,10,11,12,13). The van der Waals surface area contributed by atoms with Crippen LogP contribution < -0.4 is 11.2 Å². The molecule has 0 atom stereocenters. The van der Waals surface area contributed by atoms with E-state index in [0.29, 0.717) is 16.9 Å². The summed E-state index contributed by atoms with van der Waals surface area (Å²) >= 11 is 0. The quantitative estimate of drug-likeness (QED) is 0.600. The Hall–Kier alpha value is -1.91. The second-order valence-corrected chi connectivity index (χ2v) is 2.72. The Morgan fingerprint density at radius 1 is 1.46 bits per heavy atom. The van der Waals surface area contributed by atoms with Crippen molar-refractivity contribution in [2.45, 2.75) is 6.92 Å². The number of nitrogens with zero attached hydrogens (tertiary/aromatic N) is 2. The summed E-state index contributed by atoms with van der Waals surface area (Å²) in [5.74, 6) is 0.774. The van der Waals surface area contributed by atoms with E-state index in [-0.39, 0.29) is 11.2 Å². The van der Waals surface area contributed by atoms with Crippen molar-refractivity contribution in [3.63, 3.8) is 0 Å². The van der Waals surface area contributed by atoms with Crippen molar-refractivity contribution >= 4 is 16.9 Å². The maximum absolute atomic E-state index is 11.3. The molecule has 0 aromatic carbocycles. The first kappa shape index (κ1) is 7.72. The molecular weight excluding hydrogens is 168 g/mol. The number of nitrogen functional groups attached to an aromatic ring is 1. The number of anilines is 1. The minimum Gasteiger partial charge on any atom is -0.383 e. The zero-order valence-corrected chi connectivity index (χ0v) is 7.03. The molecule has 0 aliphatic heterocycles. The topological polar surface area (TPSA) is 84.7 Å². The van der Waals surface area contributed by atoms with Gasteiger partial charge in [0.05, 0.1) is 0 Å². The average molecular weight is 176 g/mol. The fourth-order valence-corrected chi connectivity index (χ4v) is 1.22. The zero-order valence-electron chi connectivity index (χ0n) is 7.03. The third-order valence-electron chi connectivity index (χ3n) is 1.75. The van der Waals surface area contributed by atoms with E-state index in [2.05, 4.69) is 15.0 Å². The number of aryl methyl sites for hydroxylation is 1. The Morgan fingerprint density at radius 2 is 2.23 bits per heavy atom. The largest absolute Gasteiger partial charge is 0.383 e. The van der Waals surface area contributed by atoms with Crippen molar-refractivity contribution in [2.24, 2.45) is 0 Å². The van der Waals surface area contributed by atoms with E-state index in [4.69, 9.17) is 5.73 Å². The van der Waals surface area contributed by atoms with E-state index in [1.165, 1.54) is 12.3 Å². The van der Waals surface area contributed by atoms with Crippen LogP contribution in [0.5, 0.6) is 0 Å². The fraction of sp³-hybridized carbons (Fsp3) is 0.125. The molecule has 2 aromatic rings. The normalized spacial score (nSPS) is 10.5. The molecule has 0 unspecified atom stereocenters. The first-order valence-corrected chi connectivity index (χ1v) is 3.80. The van der Waals surface area contributed by atoms with Crippen molar-refractivity contribution in [3.05, 3.63) is 28.3 Å². The molecule has 0 aliphatic carbocycles. The lowest BCUT2D eigenvalue weighted by Crippen LogP contribution is -2.08. The van der Waals surface area contributed by atoms with Crippen molar-refractivity contribution in [1.29, 1.82) is 0 Å². The number of rotatable bonds is 0. The maximum Gasteiger partial charge on any atom is 0.194 e. The Balaban J connectivity index is 3.03. The molecule has 2 heterocycles. The summed E-state index contributed by atoms with van der Waals surface area (Å²) in [6.45, 7) is 1.72. The molecule has 5 heteroatoms. The minimum atomic E-state index is -0.161. The molecule has 0 spiro atoms. The van der Waals surface area contributed by atoms with Crippen LogP contribution in [0.1, 0.15) is 5.82 Å². The Morgan fingerprint density at radius 3 is 3.00 bits per heavy atom. The molecule has 13 heavy (non-hydrogen) atoms. The SMILES string of the molecule is Cc1nc(N)c2c(=O)cc[nH]c2n1. The summed E-state index contributed by atoms with van der Waals surface area (Å²) in [6, 6.07) is 1.40. The van der Waals surface area contributed by atoms with Crippen LogP contribution >= 0.6 is 0 Å². The van der Waals surface area contributed by atoms with E-state index >= 15 is 0 Å². The molecule has 0 fully saturated rings. The van der Waals surface area contributed by atoms with Gasteiger partial charge in [-0.25, -0.2) is 9.97 Å². The summed E-state index contributed by atoms with van der Waals surface area (Å²) < 4.78 is 0. The summed E-state index contributed by atoms with van der Waals surface area (Å²) in [6.07, 6.45) is 1.54. The smallest absolute Gasteiger partial charge is 0.194 e. The van der Waals surface area contributed by atoms with Crippen molar-refractivity contribution in [3.8, 4) is 0 Å². The summed E-state index contributed by atoms with van der Waals surface area (Å²) in [7, 11) is 0. The predicted molar refractivity (Wildman–Crippen MR) is 49.3 cm³/mol. The highest BCUT2D eigenvalue weighted by atomic mass is 16.1. The van der Waals surface area contributed by atoms with Crippen LogP contribution in [0.2, 0.25) is 0 Å². The van der Waals surface area contributed by atoms with Gasteiger partial charge in [-0.15, -0.1) is 0 Å². The first-order chi connectivity index (χ1) is 6.18. The second kappa shape index (κ2) is 2.55. The second-order valence-electron chi connectivity index (χ2n) is 2.72. The number of pyridine rings is 1. The minimum absolute atomic E-state index is 0.161. The van der Waals surface area contributed by atoms with Crippen LogP contribution in [0.3, 0.4) is 0 Å². The third kappa shape index (κ3) is 1.14. The molecule has 0 aliphatic rings. The number of fused-ring (bicyclic) bond motifs is 1. The molecule has 2 rings (SSSR count). The van der Waals surface area contributed by atoms with Gasteiger partial charge in [0.25, 0.3) is 0 Å². The molecule has 2 aromatic heterocycles. The van der Waals surface area contributed by atoms with E-state index < -0.39 is 0 Å². The van der Waals surface area contributed by atoms with Gasteiger partial charge >= 0.3 is 0 Å². The monoisotopic (exact) mass is 176 g/mol. The van der Waals surface area contributed by atoms with E-state index in [0.717, 1.165) is 0 Å². The van der Waals surface area contributed by atoms with Gasteiger partial charge in [-0.05, 0) is 6.92 Å². The Kier molecular flexibility index (Phi) is 1.51. The summed E-state index contributed by atoms with van der Waals surface area (Å²) in [4.78, 5) is 22.1. The van der Waals surface area contributed by atoms with Crippen molar-refractivity contribution in [1.82, 2.24) is 15.0 Å². The van der Waals surface area contributed by atoms with Gasteiger partial charge in [-0.3, -0.25) is 4.79 Å². The Labute approximate surface area is 73.6 Å². The molecule has 0 saturated heterocycles. The van der Waals surface area contributed by atoms with Gasteiger partial charge in [-0.2, -0.15) is 0 Å². The lowest BCUT2D eigenvalue weighted by Gasteiger charge is -2.00. The number of aromatic nitrogens is 3. The highest BCUT2D eigenvalue weighted by Crippen LogP contribution is 2.09. The van der Waals surface area contributed by atoms with Crippen LogP contribution in [0.15, 0.2) is 17.1 Å². The lowest BCUT2D eigenvalue weighted by atomic mass is 10.3. The van der Waals surface area contributed by atoms with Crippen LogP contribution in [0, 0.1) is 6.92 Å². The molecule has 0 saturated carbocycles. The highest BCUT2D eigenvalue weighted by molar-refractivity contribution is 5.84. The number of nitrogens with two attached hydrogens (primary N) is 1. The van der Waals surface area contributed by atoms with Gasteiger partial charge < -0.3 is 10.7 Å². The predicted octanol–water partition coefficient (Wildman–Crippen LogP) is 0.209. The zero-order chi connectivity index (χ0) is 9.42. The number of hydrogen-bond donors (Lipinski definition) is 2. The number of hydrogen-bond acceptors (Lipinski definition) is 4. The van der Waals surface area contributed by atoms with Gasteiger partial charge in [0.1, 0.15) is 22.7 Å². The van der Waals surface area contributed by atoms with Crippen LogP contribution in [-0.4, -0.2) is 15.0 Å². The van der Waals surface area contributed by atoms with E-state index in [1.807, 2.05) is 0 Å². The summed E-state index contributed by atoms with van der Waals surface area (Å²) in [5.41, 5.74) is 5.91. The maximum atomic E-state index is 11.3. The number of nitrogens with one attached hydrogen (secondary N) is 1. The van der Waals surface area contributed by atoms with E-state index in [9.17, 15) is 4.79 Å². The fourth-order valence-electron chi connectivity index (χ4n) is 1.22. The molecule has 0 bridgehead atoms. The van der Waals surface area contributed by atoms with Gasteiger partial charge in [0.15, 0.2) is 5.43 Å². The Bertz CT molecular complexity index is 517. The molecule has 5 nitrogen and oxygen atoms in total. The molecule has 0 amide bonds. The van der Waals surface area contributed by atoms with Gasteiger partial charge in [-0.1, -0.05) is 0 Å². The van der Waals surface area contributed by atoms with Crippen LogP contribution in [-0.2, 0) is 0 Å². The van der Waals surface area contributed by atoms with Crippen LogP contribution in [0.4, 0.5) is 5.82 Å². The first-order valence-electron chi connectivity index (χ1n) is 3.80. The number of aromatic amines is 1. The van der Waals surface area contributed by atoms with E-state index in [1.54, 1.807) is 6.92 Å². The van der Waals surface area contributed by atoms with Crippen LogP contribution in [0.25, 0.3) is 11.0 Å². The van der Waals surface area contributed by atoms with Crippen molar-refractivity contribution in [2.75, 3.05) is 5.73 Å². The molecule has 0 radical (unpaired) electrons. The highest BCUT2D eigenvalue weighted by Gasteiger charge is 2.05. The molecular formula is C8H8N4O. The summed E-state index contributed by atoms with van der Waals surface area (Å²) in [5, 5.41) is 0.355. The van der Waals surface area contributed by atoms with Gasteiger partial charge in [0.2, 0.25) is 0 Å². The molecule has 66 valence electrons. The number of H-pyrrole nitrogens is 1. The third-order valence-corrected chi connectivity index (χ3v) is 1.75. The average Bonchev–Trinajstić information content (AvgIpc) is 2.02.